The summed E-state index contributed by atoms with van der Waals surface area (Å²) < 4.78 is 0. The zero-order chi connectivity index (χ0) is 5.11. The number of phenols is 1. The van der Waals surface area contributed by atoms with E-state index >= 15 is 0 Å². The van der Waals surface area contributed by atoms with E-state index in [1.165, 1.54) is 0 Å². The number of rotatable bonds is 0. The first-order chi connectivity index (χ1) is 3.39. The molecule has 0 atom stereocenters. The molecule has 1 nitrogen and oxygen atoms in total. The van der Waals surface area contributed by atoms with Crippen LogP contribution in [-0.2, 0) is 21.7 Å². The van der Waals surface area contributed by atoms with Gasteiger partial charge in [0.25, 0.3) is 0 Å². The van der Waals surface area contributed by atoms with Gasteiger partial charge < -0.3 is 20.0 Å². The van der Waals surface area contributed by atoms with E-state index in [0.29, 0.717) is 5.75 Å². The van der Waals surface area contributed by atoms with Gasteiger partial charge in [-0.15, -0.1) is 0 Å². The Hall–Kier alpha value is -0.266. The van der Waals surface area contributed by atoms with Crippen LogP contribution in [0.25, 0.3) is 0 Å². The van der Waals surface area contributed by atoms with Crippen molar-refractivity contribution in [1.29, 1.82) is 0 Å². The van der Waals surface area contributed by atoms with E-state index < -0.39 is 0 Å². The average Bonchev–Trinajstić information content (AvgIpc) is 1.69. The van der Waals surface area contributed by atoms with Crippen molar-refractivity contribution in [1.82, 2.24) is 0 Å². The van der Waals surface area contributed by atoms with E-state index in [0.717, 1.165) is 0 Å². The van der Waals surface area contributed by atoms with E-state index in [1.807, 2.05) is 6.07 Å². The first-order valence-electron chi connectivity index (χ1n) is 2.13. The van der Waals surface area contributed by atoms with Crippen molar-refractivity contribution in [3.63, 3.8) is 0 Å². The number of benzene rings is 1. The first kappa shape index (κ1) is 16.4. The summed E-state index contributed by atoms with van der Waals surface area (Å²) in [5.74, 6) is 0.322. The van der Waals surface area contributed by atoms with Crippen LogP contribution in [0, 0.1) is 14.9 Å². The maximum atomic E-state index is 8.63. The minimum atomic E-state index is 0. The second-order valence-electron chi connectivity index (χ2n) is 1.34. The predicted octanol–water partition coefficient (Wildman–Crippen LogP) is 2.29. The third-order valence-electron chi connectivity index (χ3n) is 0.756. The van der Waals surface area contributed by atoms with Gasteiger partial charge in [-0.1, -0.05) is 18.2 Å². The molecule has 0 unspecified atom stereocenters. The summed E-state index contributed by atoms with van der Waals surface area (Å²) in [6.45, 7) is 0. The van der Waals surface area contributed by atoms with Gasteiger partial charge in [0.2, 0.25) is 0 Å². The van der Waals surface area contributed by atoms with Gasteiger partial charge in [0, 0.05) is 0 Å². The smallest absolute Gasteiger partial charge is 0.508 e. The molecule has 1 aromatic carbocycles. The molecule has 0 aliphatic rings. The molecule has 1 N–H and O–H groups in total. The Morgan fingerprint density at radius 1 is 0.900 bits per heavy atom. The van der Waals surface area contributed by atoms with Gasteiger partial charge in [-0.2, -0.15) is 0 Å². The number of para-hydroxylation sites is 1. The Labute approximate surface area is 78.0 Å². The summed E-state index contributed by atoms with van der Waals surface area (Å²) in [4.78, 5) is 0. The normalized spacial score (nSPS) is 6.00. The molecule has 0 amide bonds. The van der Waals surface area contributed by atoms with Crippen LogP contribution in [0.15, 0.2) is 30.3 Å². The van der Waals surface area contributed by atoms with Gasteiger partial charge in [-0.05, 0) is 12.1 Å². The van der Waals surface area contributed by atoms with Crippen molar-refractivity contribution in [2.75, 3.05) is 0 Å². The number of hydrogen-bond donors (Lipinski definition) is 1. The molecule has 0 spiro atoms. The Kier molecular flexibility index (Phi) is 14.3. The molecule has 1 aromatic rings. The Morgan fingerprint density at radius 2 is 1.30 bits per heavy atom. The zero-order valence-electron chi connectivity index (χ0n) is 6.33. The fourth-order valence-corrected chi connectivity index (χ4v) is 0.428. The van der Waals surface area contributed by atoms with Crippen LogP contribution in [0.3, 0.4) is 0 Å². The van der Waals surface area contributed by atoms with Crippen molar-refractivity contribution in [3.8, 4) is 5.75 Å². The fraction of sp³-hybridized carbons (Fsp3) is 0. The summed E-state index contributed by atoms with van der Waals surface area (Å²) >= 11 is 0. The van der Waals surface area contributed by atoms with Crippen molar-refractivity contribution >= 4 is 0 Å². The third-order valence-corrected chi connectivity index (χ3v) is 0.756. The fourth-order valence-electron chi connectivity index (χ4n) is 0.428. The molecule has 0 saturated carbocycles. The molecule has 0 bridgehead atoms. The standard InChI is InChI=1S/C6H6O.2CH3.Ti/c7-6-4-2-1-3-5-6;;;/h1-5,7H;2*1H3;/q;2*-1;+2. The van der Waals surface area contributed by atoms with E-state index in [2.05, 4.69) is 0 Å². The van der Waals surface area contributed by atoms with E-state index in [-0.39, 0.29) is 36.6 Å². The van der Waals surface area contributed by atoms with Crippen LogP contribution in [-0.4, -0.2) is 5.11 Å². The third kappa shape index (κ3) is 5.86. The molecule has 0 fully saturated rings. The monoisotopic (exact) mass is 172 g/mol. The number of hydrogen-bond acceptors (Lipinski definition) is 1. The van der Waals surface area contributed by atoms with Gasteiger partial charge in [0.15, 0.2) is 0 Å². The topological polar surface area (TPSA) is 20.2 Å². The molecular formula is C8H12OTi. The summed E-state index contributed by atoms with van der Waals surface area (Å²) in [7, 11) is 0. The minimum absolute atomic E-state index is 0. The molecule has 0 radical (unpaired) electrons. The van der Waals surface area contributed by atoms with Gasteiger partial charge in [0.05, 0.1) is 0 Å². The van der Waals surface area contributed by atoms with Crippen molar-refractivity contribution in [2.24, 2.45) is 0 Å². The molecule has 0 aromatic heterocycles. The van der Waals surface area contributed by atoms with Crippen molar-refractivity contribution in [2.45, 2.75) is 0 Å². The second kappa shape index (κ2) is 8.73. The summed E-state index contributed by atoms with van der Waals surface area (Å²) in [5, 5.41) is 8.63. The number of aromatic hydroxyl groups is 1. The van der Waals surface area contributed by atoms with Gasteiger partial charge in [-0.25, -0.2) is 0 Å². The maximum Gasteiger partial charge on any atom is 2.00 e. The van der Waals surface area contributed by atoms with Crippen molar-refractivity contribution < 1.29 is 26.8 Å². The molecule has 1 rings (SSSR count). The van der Waals surface area contributed by atoms with Crippen molar-refractivity contribution in [3.05, 3.63) is 45.2 Å². The Balaban J connectivity index is -0.000000163. The quantitative estimate of drug-likeness (QED) is 0.470. The average molecular weight is 172 g/mol. The van der Waals surface area contributed by atoms with Crippen LogP contribution in [0.4, 0.5) is 0 Å². The van der Waals surface area contributed by atoms with Crippen LogP contribution in [0.2, 0.25) is 0 Å². The second-order valence-corrected chi connectivity index (χ2v) is 1.34. The molecule has 54 valence electrons. The maximum absolute atomic E-state index is 8.63. The SMILES string of the molecule is Oc1ccccc1.[CH3-].[CH3-].[Ti+2]. The summed E-state index contributed by atoms with van der Waals surface area (Å²) in [6, 6.07) is 8.71. The van der Waals surface area contributed by atoms with Crippen LogP contribution in [0.1, 0.15) is 0 Å². The Bertz CT molecular complexity index is 139. The molecular weight excluding hydrogens is 160 g/mol. The van der Waals surface area contributed by atoms with Gasteiger partial charge >= 0.3 is 21.7 Å². The summed E-state index contributed by atoms with van der Waals surface area (Å²) in [6.07, 6.45) is 0. The molecule has 2 heteroatoms. The number of phenolic OH excluding ortho intramolecular Hbond substituents is 1. The van der Waals surface area contributed by atoms with E-state index in [9.17, 15) is 0 Å². The summed E-state index contributed by atoms with van der Waals surface area (Å²) in [5.41, 5.74) is 0. The van der Waals surface area contributed by atoms with E-state index in [1.54, 1.807) is 24.3 Å². The molecule has 0 aliphatic heterocycles. The van der Waals surface area contributed by atoms with Crippen LogP contribution >= 0.6 is 0 Å². The zero-order valence-corrected chi connectivity index (χ0v) is 7.90. The van der Waals surface area contributed by atoms with E-state index in [4.69, 9.17) is 5.11 Å². The molecule has 0 aliphatic carbocycles. The Morgan fingerprint density at radius 3 is 1.50 bits per heavy atom. The minimum Gasteiger partial charge on any atom is -0.508 e. The molecule has 0 saturated heterocycles. The predicted molar refractivity (Wildman–Crippen MR) is 40.9 cm³/mol. The van der Waals surface area contributed by atoms with Gasteiger partial charge in [-0.3, -0.25) is 0 Å². The van der Waals surface area contributed by atoms with Crippen LogP contribution < -0.4 is 0 Å². The largest absolute Gasteiger partial charge is 2.00 e. The molecule has 0 heterocycles. The first-order valence-corrected chi connectivity index (χ1v) is 2.13. The molecule has 10 heavy (non-hydrogen) atoms. The van der Waals surface area contributed by atoms with Crippen LogP contribution in [0.5, 0.6) is 5.75 Å². The van der Waals surface area contributed by atoms with Gasteiger partial charge in [0.1, 0.15) is 5.75 Å².